The summed E-state index contributed by atoms with van der Waals surface area (Å²) in [6, 6.07) is 0. The van der Waals surface area contributed by atoms with Crippen LogP contribution >= 0.6 is 0 Å². The second-order valence-electron chi connectivity index (χ2n) is 13.4. The molecule has 0 unspecified atom stereocenters. The first-order chi connectivity index (χ1) is 15.4. The van der Waals surface area contributed by atoms with E-state index < -0.39 is 11.7 Å². The molecule has 1 saturated heterocycles. The lowest BCUT2D eigenvalue weighted by molar-refractivity contribution is -0.294. The van der Waals surface area contributed by atoms with Crippen molar-refractivity contribution in [1.29, 1.82) is 0 Å². The molecule has 192 valence electrons. The van der Waals surface area contributed by atoms with Crippen molar-refractivity contribution in [3.8, 4) is 0 Å². The molecule has 4 heteroatoms. The number of ether oxygens (including phenoxy) is 2. The molecule has 3 aliphatic carbocycles. The van der Waals surface area contributed by atoms with Crippen LogP contribution in [-0.4, -0.2) is 24.9 Å². The lowest BCUT2D eigenvalue weighted by atomic mass is 9.46. The molecule has 2 nitrogen and oxygen atoms in total. The molecule has 7 atom stereocenters. The molecule has 0 aromatic heterocycles. The Hall–Kier alpha value is -0.220. The number of fused-ring (bicyclic) bond motifs is 3. The van der Waals surface area contributed by atoms with E-state index in [0.29, 0.717) is 36.9 Å². The molecule has 1 heterocycles. The maximum absolute atomic E-state index is 14.0. The molecule has 4 fully saturated rings. The van der Waals surface area contributed by atoms with Crippen molar-refractivity contribution >= 4 is 0 Å². The van der Waals surface area contributed by atoms with Crippen molar-refractivity contribution in [2.24, 2.45) is 46.3 Å². The number of rotatable bonds is 8. The maximum Gasteiger partial charge on any atom is 0.245 e. The first kappa shape index (κ1) is 25.9. The van der Waals surface area contributed by atoms with Crippen LogP contribution in [0.3, 0.4) is 0 Å². The second-order valence-corrected chi connectivity index (χ2v) is 13.4. The number of alkyl halides is 2. The van der Waals surface area contributed by atoms with Gasteiger partial charge in [-0.1, -0.05) is 53.9 Å². The Morgan fingerprint density at radius 2 is 1.61 bits per heavy atom. The van der Waals surface area contributed by atoms with E-state index in [0.717, 1.165) is 49.9 Å². The average Bonchev–Trinajstić information content (AvgIpc) is 3.34. The van der Waals surface area contributed by atoms with E-state index in [1.165, 1.54) is 38.5 Å². The van der Waals surface area contributed by atoms with Crippen molar-refractivity contribution in [3.63, 3.8) is 0 Å². The monoisotopic (exact) mass is 468 g/mol. The minimum atomic E-state index is -2.64. The molecule has 0 bridgehead atoms. The Morgan fingerprint density at radius 3 is 2.24 bits per heavy atom. The summed E-state index contributed by atoms with van der Waals surface area (Å²) in [6.07, 6.45) is 11.5. The highest BCUT2D eigenvalue weighted by molar-refractivity contribution is 5.11. The van der Waals surface area contributed by atoms with Crippen molar-refractivity contribution in [2.45, 2.75) is 124 Å². The zero-order valence-electron chi connectivity index (χ0n) is 22.2. The summed E-state index contributed by atoms with van der Waals surface area (Å²) in [4.78, 5) is 0. The predicted molar refractivity (Wildman–Crippen MR) is 130 cm³/mol. The Kier molecular flexibility index (Phi) is 7.32. The first-order valence-corrected chi connectivity index (χ1v) is 14.1. The van der Waals surface area contributed by atoms with E-state index in [-0.39, 0.29) is 11.8 Å². The van der Waals surface area contributed by atoms with Crippen LogP contribution in [0.4, 0.5) is 8.78 Å². The molecule has 3 saturated carbocycles. The van der Waals surface area contributed by atoms with Gasteiger partial charge in [-0.2, -0.15) is 0 Å². The van der Waals surface area contributed by atoms with E-state index in [1.807, 2.05) is 0 Å². The van der Waals surface area contributed by atoms with Gasteiger partial charge in [0.05, 0.1) is 13.2 Å². The van der Waals surface area contributed by atoms with Crippen LogP contribution in [0, 0.1) is 46.3 Å². The Labute approximate surface area is 201 Å². The Bertz CT molecular complexity index is 667. The van der Waals surface area contributed by atoms with E-state index in [2.05, 4.69) is 34.6 Å². The SMILES string of the molecule is CC(C)CCC[C@@H](C)[C@H]1CC[C@H]2[C@@H]3CCC4(OCCO4)[C@](C)(CCC(C)(F)F)[C@H]3CC[C@]12C. The van der Waals surface area contributed by atoms with Crippen molar-refractivity contribution in [2.75, 3.05) is 13.2 Å². The molecule has 4 aliphatic rings. The van der Waals surface area contributed by atoms with Gasteiger partial charge in [-0.15, -0.1) is 0 Å². The quantitative estimate of drug-likeness (QED) is 0.355. The van der Waals surface area contributed by atoms with E-state index in [4.69, 9.17) is 9.47 Å². The molecular weight excluding hydrogens is 418 g/mol. The smallest absolute Gasteiger partial charge is 0.245 e. The number of hydrogen-bond acceptors (Lipinski definition) is 2. The van der Waals surface area contributed by atoms with Crippen LogP contribution < -0.4 is 0 Å². The van der Waals surface area contributed by atoms with Gasteiger partial charge >= 0.3 is 0 Å². The summed E-state index contributed by atoms with van der Waals surface area (Å²) >= 11 is 0. The van der Waals surface area contributed by atoms with Crippen molar-refractivity contribution in [3.05, 3.63) is 0 Å². The lowest BCUT2D eigenvalue weighted by Crippen LogP contribution is -2.61. The predicted octanol–water partition coefficient (Wildman–Crippen LogP) is 8.49. The van der Waals surface area contributed by atoms with Gasteiger partial charge in [-0.05, 0) is 86.4 Å². The van der Waals surface area contributed by atoms with Crippen LogP contribution in [0.25, 0.3) is 0 Å². The summed E-state index contributed by atoms with van der Waals surface area (Å²) in [5.74, 6) is 0.910. The molecular formula is C29H50F2O2. The average molecular weight is 469 g/mol. The van der Waals surface area contributed by atoms with Gasteiger partial charge in [0.25, 0.3) is 0 Å². The van der Waals surface area contributed by atoms with E-state index >= 15 is 0 Å². The van der Waals surface area contributed by atoms with Gasteiger partial charge < -0.3 is 9.47 Å². The fraction of sp³-hybridized carbons (Fsp3) is 1.00. The minimum Gasteiger partial charge on any atom is -0.347 e. The third-order valence-electron chi connectivity index (χ3n) is 11.0. The van der Waals surface area contributed by atoms with Gasteiger partial charge in [-0.3, -0.25) is 0 Å². The minimum absolute atomic E-state index is 0.0708. The number of halogens is 2. The normalized spacial score (nSPS) is 41.4. The van der Waals surface area contributed by atoms with Crippen LogP contribution in [0.5, 0.6) is 0 Å². The second kappa shape index (κ2) is 9.34. The van der Waals surface area contributed by atoms with E-state index in [9.17, 15) is 8.78 Å². The molecule has 33 heavy (non-hydrogen) atoms. The van der Waals surface area contributed by atoms with E-state index in [1.54, 1.807) is 0 Å². The number of hydrogen-bond donors (Lipinski definition) is 0. The highest BCUT2D eigenvalue weighted by atomic mass is 19.3. The van der Waals surface area contributed by atoms with Crippen molar-refractivity contribution in [1.82, 2.24) is 0 Å². The summed E-state index contributed by atoms with van der Waals surface area (Å²) in [6.45, 7) is 14.3. The maximum atomic E-state index is 14.0. The zero-order chi connectivity index (χ0) is 24.1. The summed E-state index contributed by atoms with van der Waals surface area (Å²) < 4.78 is 40.7. The van der Waals surface area contributed by atoms with Crippen LogP contribution in [0.1, 0.15) is 112 Å². The third kappa shape index (κ3) is 4.66. The molecule has 0 N–H and O–H groups in total. The fourth-order valence-electron chi connectivity index (χ4n) is 9.21. The van der Waals surface area contributed by atoms with Gasteiger partial charge in [-0.25, -0.2) is 8.78 Å². The fourth-order valence-corrected chi connectivity index (χ4v) is 9.21. The largest absolute Gasteiger partial charge is 0.347 e. The van der Waals surface area contributed by atoms with Gasteiger partial charge in [0.2, 0.25) is 5.92 Å². The molecule has 1 spiro atoms. The lowest BCUT2D eigenvalue weighted by Gasteiger charge is -2.61. The van der Waals surface area contributed by atoms with Crippen LogP contribution in [0.2, 0.25) is 0 Å². The summed E-state index contributed by atoms with van der Waals surface area (Å²) in [5.41, 5.74) is 0.0874. The van der Waals surface area contributed by atoms with Gasteiger partial charge in [0, 0.05) is 18.3 Å². The van der Waals surface area contributed by atoms with Crippen LogP contribution in [0.15, 0.2) is 0 Å². The zero-order valence-corrected chi connectivity index (χ0v) is 22.2. The summed E-state index contributed by atoms with van der Waals surface area (Å²) in [5, 5.41) is 0. The Morgan fingerprint density at radius 1 is 0.909 bits per heavy atom. The van der Waals surface area contributed by atoms with Crippen molar-refractivity contribution < 1.29 is 18.3 Å². The molecule has 0 aromatic carbocycles. The Balaban J connectivity index is 1.53. The molecule has 0 radical (unpaired) electrons. The topological polar surface area (TPSA) is 18.5 Å². The molecule has 4 rings (SSSR count). The van der Waals surface area contributed by atoms with Gasteiger partial charge in [0.15, 0.2) is 5.79 Å². The molecule has 0 amide bonds. The molecule has 0 aromatic rings. The standard InChI is InChI=1S/C29H50F2O2/c1-20(2)8-7-9-21(3)23-10-11-24-22-12-15-29(32-18-19-33-29)27(5,16-17-28(6,30)31)25(22)13-14-26(23,24)4/h20-25H,7-19H2,1-6H3/t21-,22+,23-,24+,25+,26-,27-/m1/s1. The third-order valence-corrected chi connectivity index (χ3v) is 11.0. The molecule has 1 aliphatic heterocycles. The highest BCUT2D eigenvalue weighted by Crippen LogP contribution is 2.69. The van der Waals surface area contributed by atoms with Crippen LogP contribution in [-0.2, 0) is 9.47 Å². The van der Waals surface area contributed by atoms with Gasteiger partial charge in [0.1, 0.15) is 0 Å². The first-order valence-electron chi connectivity index (χ1n) is 14.1. The summed E-state index contributed by atoms with van der Waals surface area (Å²) in [7, 11) is 0. The highest BCUT2D eigenvalue weighted by Gasteiger charge is 2.66.